The van der Waals surface area contributed by atoms with Crippen molar-refractivity contribution in [1.82, 2.24) is 0 Å². The number of aliphatic hydroxyl groups excluding tert-OH is 1. The molecule has 1 N–H and O–H groups in total. The van der Waals surface area contributed by atoms with Gasteiger partial charge in [-0.05, 0) is 30.4 Å². The van der Waals surface area contributed by atoms with Crippen molar-refractivity contribution in [3.05, 3.63) is 35.4 Å². The van der Waals surface area contributed by atoms with Crippen molar-refractivity contribution >= 4 is 0 Å². The van der Waals surface area contributed by atoms with E-state index < -0.39 is 11.6 Å². The van der Waals surface area contributed by atoms with Crippen molar-refractivity contribution in [3.8, 4) is 0 Å². The van der Waals surface area contributed by atoms with E-state index in [4.69, 9.17) is 5.11 Å². The number of hydrogen-bond donors (Lipinski definition) is 1. The van der Waals surface area contributed by atoms with E-state index >= 15 is 0 Å². The molecular formula is C10H10F2O. The summed E-state index contributed by atoms with van der Waals surface area (Å²) in [5.41, 5.74) is 0.140. The van der Waals surface area contributed by atoms with Crippen LogP contribution in [0.25, 0.3) is 0 Å². The Bertz CT molecular complexity index is 304. The highest BCUT2D eigenvalue weighted by Gasteiger charge is 2.40. The molecule has 0 saturated heterocycles. The Hall–Kier alpha value is -0.960. The third-order valence-electron chi connectivity index (χ3n) is 2.53. The van der Waals surface area contributed by atoms with Gasteiger partial charge >= 0.3 is 0 Å². The van der Waals surface area contributed by atoms with Crippen LogP contribution < -0.4 is 0 Å². The van der Waals surface area contributed by atoms with E-state index in [1.54, 1.807) is 0 Å². The zero-order valence-corrected chi connectivity index (χ0v) is 7.00. The molecule has 1 saturated carbocycles. The van der Waals surface area contributed by atoms with Gasteiger partial charge in [0.15, 0.2) is 0 Å². The van der Waals surface area contributed by atoms with Crippen LogP contribution in [0.15, 0.2) is 18.2 Å². The largest absolute Gasteiger partial charge is 0.396 e. The molecule has 3 heteroatoms. The van der Waals surface area contributed by atoms with Crippen LogP contribution in [0.1, 0.15) is 17.9 Å². The smallest absolute Gasteiger partial charge is 0.129 e. The normalized spacial score (nSPS) is 26.1. The zero-order chi connectivity index (χ0) is 9.42. The van der Waals surface area contributed by atoms with Crippen LogP contribution in [0.2, 0.25) is 0 Å². The predicted octanol–water partition coefficient (Wildman–Crippen LogP) is 2.06. The van der Waals surface area contributed by atoms with E-state index in [1.807, 2.05) is 0 Å². The molecule has 1 aromatic carbocycles. The molecule has 0 unspecified atom stereocenters. The molecule has 0 aromatic heterocycles. The zero-order valence-electron chi connectivity index (χ0n) is 7.00. The fraction of sp³-hybridized carbons (Fsp3) is 0.400. The van der Waals surface area contributed by atoms with Crippen molar-refractivity contribution in [2.24, 2.45) is 5.92 Å². The number of aliphatic hydroxyl groups is 1. The first-order valence-electron chi connectivity index (χ1n) is 4.28. The SMILES string of the molecule is OC[C@@H]1C[C@@H]1c1c(F)cccc1F. The monoisotopic (exact) mass is 184 g/mol. The lowest BCUT2D eigenvalue weighted by Crippen LogP contribution is -1.96. The van der Waals surface area contributed by atoms with Gasteiger partial charge in [-0.2, -0.15) is 0 Å². The van der Waals surface area contributed by atoms with E-state index in [2.05, 4.69) is 0 Å². The maximum Gasteiger partial charge on any atom is 0.129 e. The van der Waals surface area contributed by atoms with Gasteiger partial charge in [0, 0.05) is 12.2 Å². The van der Waals surface area contributed by atoms with Crippen molar-refractivity contribution in [3.63, 3.8) is 0 Å². The van der Waals surface area contributed by atoms with Gasteiger partial charge < -0.3 is 5.11 Å². The Labute approximate surface area is 75.0 Å². The third-order valence-corrected chi connectivity index (χ3v) is 2.53. The minimum absolute atomic E-state index is 0.0123. The third kappa shape index (κ3) is 1.44. The van der Waals surface area contributed by atoms with Crippen LogP contribution in [0.3, 0.4) is 0 Å². The number of benzene rings is 1. The van der Waals surface area contributed by atoms with E-state index in [0.29, 0.717) is 6.42 Å². The van der Waals surface area contributed by atoms with Gasteiger partial charge in [-0.1, -0.05) is 6.07 Å². The molecule has 13 heavy (non-hydrogen) atoms. The van der Waals surface area contributed by atoms with Gasteiger partial charge in [-0.25, -0.2) is 8.78 Å². The predicted molar refractivity (Wildman–Crippen MR) is 44.3 cm³/mol. The Morgan fingerprint density at radius 1 is 1.31 bits per heavy atom. The second kappa shape index (κ2) is 3.07. The van der Waals surface area contributed by atoms with Gasteiger partial charge in [0.05, 0.1) is 0 Å². The molecule has 0 aliphatic heterocycles. The second-order valence-electron chi connectivity index (χ2n) is 3.42. The summed E-state index contributed by atoms with van der Waals surface area (Å²) in [7, 11) is 0. The standard InChI is InChI=1S/C10H10F2O/c11-8-2-1-3-9(12)10(8)7-4-6(7)5-13/h1-3,6-7,13H,4-5H2/t6-,7-/m0/s1. The summed E-state index contributed by atoms with van der Waals surface area (Å²) in [4.78, 5) is 0. The Kier molecular flexibility index (Phi) is 2.04. The van der Waals surface area contributed by atoms with Crippen molar-refractivity contribution in [2.45, 2.75) is 12.3 Å². The molecule has 1 fully saturated rings. The van der Waals surface area contributed by atoms with Crippen molar-refractivity contribution < 1.29 is 13.9 Å². The van der Waals surface area contributed by atoms with Crippen molar-refractivity contribution in [2.75, 3.05) is 6.61 Å². The van der Waals surface area contributed by atoms with Crippen molar-refractivity contribution in [1.29, 1.82) is 0 Å². The molecule has 1 aromatic rings. The summed E-state index contributed by atoms with van der Waals surface area (Å²) in [6.45, 7) is 0.0123. The van der Waals surface area contributed by atoms with Gasteiger partial charge in [-0.3, -0.25) is 0 Å². The lowest BCUT2D eigenvalue weighted by Gasteiger charge is -2.02. The summed E-state index contributed by atoms with van der Waals surface area (Å²) in [5, 5.41) is 8.77. The molecule has 0 radical (unpaired) electrons. The van der Waals surface area contributed by atoms with Gasteiger partial charge in [0.1, 0.15) is 11.6 Å². The number of hydrogen-bond acceptors (Lipinski definition) is 1. The quantitative estimate of drug-likeness (QED) is 0.745. The lowest BCUT2D eigenvalue weighted by molar-refractivity contribution is 0.273. The van der Waals surface area contributed by atoms with E-state index in [-0.39, 0.29) is 24.0 Å². The van der Waals surface area contributed by atoms with E-state index in [9.17, 15) is 8.78 Å². The highest BCUT2D eigenvalue weighted by molar-refractivity contribution is 5.29. The minimum Gasteiger partial charge on any atom is -0.396 e. The summed E-state index contributed by atoms with van der Waals surface area (Å²) >= 11 is 0. The molecular weight excluding hydrogens is 174 g/mol. The fourth-order valence-electron chi connectivity index (χ4n) is 1.67. The molecule has 0 bridgehead atoms. The van der Waals surface area contributed by atoms with Crippen LogP contribution in [-0.2, 0) is 0 Å². The Morgan fingerprint density at radius 2 is 1.92 bits per heavy atom. The molecule has 1 aliphatic rings. The maximum absolute atomic E-state index is 13.1. The summed E-state index contributed by atoms with van der Waals surface area (Å²) in [6, 6.07) is 3.86. The topological polar surface area (TPSA) is 20.2 Å². The first-order chi connectivity index (χ1) is 6.24. The summed E-state index contributed by atoms with van der Waals surface area (Å²) in [5.74, 6) is -1.07. The van der Waals surface area contributed by atoms with Crippen LogP contribution in [0.4, 0.5) is 8.78 Å². The highest BCUT2D eigenvalue weighted by atomic mass is 19.1. The molecule has 2 rings (SSSR count). The lowest BCUT2D eigenvalue weighted by atomic mass is 10.1. The number of halogens is 2. The first kappa shape index (κ1) is 8.63. The van der Waals surface area contributed by atoms with Gasteiger partial charge in [0.25, 0.3) is 0 Å². The number of rotatable bonds is 2. The Balaban J connectivity index is 2.30. The first-order valence-corrected chi connectivity index (χ1v) is 4.28. The Morgan fingerprint density at radius 3 is 2.38 bits per heavy atom. The summed E-state index contributed by atoms with van der Waals surface area (Å²) < 4.78 is 26.3. The van der Waals surface area contributed by atoms with Gasteiger partial charge in [0.2, 0.25) is 0 Å². The molecule has 70 valence electrons. The van der Waals surface area contributed by atoms with Crippen LogP contribution in [0.5, 0.6) is 0 Å². The molecule has 1 aliphatic carbocycles. The molecule has 0 amide bonds. The van der Waals surface area contributed by atoms with E-state index in [1.165, 1.54) is 18.2 Å². The second-order valence-corrected chi connectivity index (χ2v) is 3.42. The minimum atomic E-state index is -0.499. The van der Waals surface area contributed by atoms with Crippen LogP contribution in [0, 0.1) is 17.6 Å². The van der Waals surface area contributed by atoms with Gasteiger partial charge in [-0.15, -0.1) is 0 Å². The maximum atomic E-state index is 13.1. The fourth-order valence-corrected chi connectivity index (χ4v) is 1.67. The van der Waals surface area contributed by atoms with Crippen LogP contribution >= 0.6 is 0 Å². The molecule has 2 atom stereocenters. The van der Waals surface area contributed by atoms with E-state index in [0.717, 1.165) is 0 Å². The average molecular weight is 184 g/mol. The molecule has 1 nitrogen and oxygen atoms in total. The van der Waals surface area contributed by atoms with Crippen LogP contribution in [-0.4, -0.2) is 11.7 Å². The summed E-state index contributed by atoms with van der Waals surface area (Å²) in [6.07, 6.45) is 0.689. The average Bonchev–Trinajstić information content (AvgIpc) is 2.83. The highest BCUT2D eigenvalue weighted by Crippen LogP contribution is 2.48. The molecule has 0 spiro atoms. The molecule has 0 heterocycles.